The molecule has 160 valence electrons. The lowest BCUT2D eigenvalue weighted by Crippen LogP contribution is -2.29. The molecular formula is C23H22IN3O3S. The number of amides is 1. The van der Waals surface area contributed by atoms with Gasteiger partial charge in [0, 0.05) is 9.13 Å². The van der Waals surface area contributed by atoms with Crippen LogP contribution in [0.2, 0.25) is 0 Å². The number of halogens is 1. The SMILES string of the molecule is CC(=NNC(=O)c1ccc(CN(c2ccccc2)S(C)(=O)=O)cc1)c1ccc(I)cc1. The number of nitrogens with zero attached hydrogens (tertiary/aromatic N) is 2. The number of hydrogen-bond acceptors (Lipinski definition) is 4. The van der Waals surface area contributed by atoms with Crippen molar-refractivity contribution in [3.8, 4) is 0 Å². The fraction of sp³-hybridized carbons (Fsp3) is 0.130. The first kappa shape index (κ1) is 23.0. The standard InChI is InChI=1S/C23H22IN3O3S/c1-17(19-12-14-21(24)15-13-19)25-26-23(28)20-10-8-18(9-11-20)16-27(31(2,29)30)22-6-4-3-5-7-22/h3-15H,16H2,1-2H3,(H,26,28). The first-order valence-electron chi connectivity index (χ1n) is 9.46. The molecule has 0 radical (unpaired) electrons. The molecule has 1 amide bonds. The van der Waals surface area contributed by atoms with Crippen molar-refractivity contribution in [1.82, 2.24) is 5.43 Å². The van der Waals surface area contributed by atoms with Gasteiger partial charge in [-0.1, -0.05) is 42.5 Å². The van der Waals surface area contributed by atoms with E-state index >= 15 is 0 Å². The molecule has 0 saturated heterocycles. The number of hydrazone groups is 1. The number of anilines is 1. The van der Waals surface area contributed by atoms with E-state index in [1.807, 2.05) is 37.3 Å². The monoisotopic (exact) mass is 547 g/mol. The molecule has 0 aliphatic carbocycles. The van der Waals surface area contributed by atoms with Gasteiger partial charge in [-0.3, -0.25) is 9.10 Å². The topological polar surface area (TPSA) is 78.8 Å². The second kappa shape index (κ2) is 10.1. The van der Waals surface area contributed by atoms with Crippen molar-refractivity contribution in [2.45, 2.75) is 13.5 Å². The van der Waals surface area contributed by atoms with Gasteiger partial charge in [0.05, 0.1) is 24.2 Å². The van der Waals surface area contributed by atoms with Crippen molar-refractivity contribution >= 4 is 49.9 Å². The van der Waals surface area contributed by atoms with E-state index in [4.69, 9.17) is 0 Å². The minimum absolute atomic E-state index is 0.175. The summed E-state index contributed by atoms with van der Waals surface area (Å²) in [5.41, 5.74) is 5.99. The largest absolute Gasteiger partial charge is 0.271 e. The van der Waals surface area contributed by atoms with Gasteiger partial charge in [-0.15, -0.1) is 0 Å². The van der Waals surface area contributed by atoms with Crippen molar-refractivity contribution in [3.63, 3.8) is 0 Å². The van der Waals surface area contributed by atoms with E-state index in [9.17, 15) is 13.2 Å². The summed E-state index contributed by atoms with van der Waals surface area (Å²) in [6.07, 6.45) is 1.18. The fourth-order valence-corrected chi connectivity index (χ4v) is 4.12. The molecule has 0 heterocycles. The molecule has 0 fully saturated rings. The highest BCUT2D eigenvalue weighted by atomic mass is 127. The number of rotatable bonds is 7. The molecule has 0 aliphatic heterocycles. The predicted molar refractivity (Wildman–Crippen MR) is 133 cm³/mol. The fourth-order valence-electron chi connectivity index (χ4n) is 2.88. The Bertz CT molecular complexity index is 1180. The predicted octanol–water partition coefficient (Wildman–Crippen LogP) is 4.41. The number of carbonyl (C=O) groups is 1. The molecule has 0 bridgehead atoms. The van der Waals surface area contributed by atoms with Crippen molar-refractivity contribution in [1.29, 1.82) is 0 Å². The summed E-state index contributed by atoms with van der Waals surface area (Å²) >= 11 is 2.23. The third-order valence-electron chi connectivity index (χ3n) is 4.57. The molecule has 0 aliphatic rings. The van der Waals surface area contributed by atoms with Crippen molar-refractivity contribution in [2.75, 3.05) is 10.6 Å². The summed E-state index contributed by atoms with van der Waals surface area (Å²) in [5, 5.41) is 4.17. The van der Waals surface area contributed by atoms with Crippen molar-refractivity contribution in [2.24, 2.45) is 5.10 Å². The average molecular weight is 547 g/mol. The number of carbonyl (C=O) groups excluding carboxylic acids is 1. The molecule has 1 N–H and O–H groups in total. The Morgan fingerprint density at radius 1 is 0.935 bits per heavy atom. The summed E-state index contributed by atoms with van der Waals surface area (Å²) in [6, 6.07) is 23.6. The summed E-state index contributed by atoms with van der Waals surface area (Å²) in [5.74, 6) is -0.334. The van der Waals surface area contributed by atoms with Crippen LogP contribution in [0, 0.1) is 3.57 Å². The van der Waals surface area contributed by atoms with Crippen molar-refractivity contribution in [3.05, 3.63) is 99.1 Å². The van der Waals surface area contributed by atoms with Gasteiger partial charge in [-0.25, -0.2) is 13.8 Å². The molecule has 3 aromatic carbocycles. The Labute approximate surface area is 196 Å². The van der Waals surface area contributed by atoms with Gasteiger partial charge >= 0.3 is 0 Å². The molecule has 0 atom stereocenters. The van der Waals surface area contributed by atoms with Crippen LogP contribution in [0.25, 0.3) is 0 Å². The molecule has 3 aromatic rings. The number of benzene rings is 3. The van der Waals surface area contributed by atoms with Crippen LogP contribution in [0.4, 0.5) is 5.69 Å². The maximum absolute atomic E-state index is 12.4. The number of para-hydroxylation sites is 1. The second-order valence-corrected chi connectivity index (χ2v) is 10.1. The number of sulfonamides is 1. The lowest BCUT2D eigenvalue weighted by Gasteiger charge is -2.22. The first-order chi connectivity index (χ1) is 14.7. The lowest BCUT2D eigenvalue weighted by atomic mass is 10.1. The van der Waals surface area contributed by atoms with Gasteiger partial charge in [-0.2, -0.15) is 5.10 Å². The van der Waals surface area contributed by atoms with Crippen LogP contribution in [0.1, 0.15) is 28.4 Å². The van der Waals surface area contributed by atoms with Crippen LogP contribution in [0.3, 0.4) is 0 Å². The van der Waals surface area contributed by atoms with Crippen LogP contribution >= 0.6 is 22.6 Å². The Morgan fingerprint density at radius 3 is 2.10 bits per heavy atom. The zero-order chi connectivity index (χ0) is 22.4. The minimum atomic E-state index is -3.45. The molecule has 0 saturated carbocycles. The third-order valence-corrected chi connectivity index (χ3v) is 6.43. The van der Waals surface area contributed by atoms with E-state index in [-0.39, 0.29) is 12.5 Å². The van der Waals surface area contributed by atoms with Crippen LogP contribution in [-0.2, 0) is 16.6 Å². The summed E-state index contributed by atoms with van der Waals surface area (Å²) in [4.78, 5) is 12.4. The number of nitrogens with one attached hydrogen (secondary N) is 1. The Kier molecular flexibility index (Phi) is 7.45. The first-order valence-corrected chi connectivity index (χ1v) is 12.4. The smallest absolute Gasteiger partial charge is 0.267 e. The summed E-state index contributed by atoms with van der Waals surface area (Å²) in [6.45, 7) is 2.00. The third kappa shape index (κ3) is 6.38. The van der Waals surface area contributed by atoms with Crippen LogP contribution in [0.5, 0.6) is 0 Å². The molecular weight excluding hydrogens is 525 g/mol. The van der Waals surface area contributed by atoms with Gasteiger partial charge in [0.2, 0.25) is 10.0 Å². The van der Waals surface area contributed by atoms with E-state index in [1.165, 1.54) is 10.6 Å². The zero-order valence-corrected chi connectivity index (χ0v) is 20.1. The van der Waals surface area contributed by atoms with Gasteiger partial charge in [-0.05, 0) is 77.0 Å². The van der Waals surface area contributed by atoms with E-state index in [2.05, 4.69) is 33.1 Å². The molecule has 0 aromatic heterocycles. The highest BCUT2D eigenvalue weighted by Gasteiger charge is 2.17. The summed E-state index contributed by atoms with van der Waals surface area (Å²) in [7, 11) is -3.45. The van der Waals surface area contributed by atoms with Gasteiger partial charge in [0.15, 0.2) is 0 Å². The average Bonchev–Trinajstić information content (AvgIpc) is 2.76. The van der Waals surface area contributed by atoms with E-state index < -0.39 is 10.0 Å². The van der Waals surface area contributed by atoms with Crippen LogP contribution in [0.15, 0.2) is 84.0 Å². The van der Waals surface area contributed by atoms with Crippen LogP contribution in [-0.4, -0.2) is 26.3 Å². The second-order valence-electron chi connectivity index (χ2n) is 6.95. The van der Waals surface area contributed by atoms with E-state index in [0.717, 1.165) is 14.7 Å². The van der Waals surface area contributed by atoms with Gasteiger partial charge in [0.25, 0.3) is 5.91 Å². The number of hydrogen-bond donors (Lipinski definition) is 1. The Morgan fingerprint density at radius 2 is 1.52 bits per heavy atom. The van der Waals surface area contributed by atoms with E-state index in [0.29, 0.717) is 17.0 Å². The lowest BCUT2D eigenvalue weighted by molar-refractivity contribution is 0.0955. The molecule has 31 heavy (non-hydrogen) atoms. The molecule has 6 nitrogen and oxygen atoms in total. The minimum Gasteiger partial charge on any atom is -0.267 e. The van der Waals surface area contributed by atoms with Gasteiger partial charge < -0.3 is 0 Å². The summed E-state index contributed by atoms with van der Waals surface area (Å²) < 4.78 is 26.9. The quantitative estimate of drug-likeness (QED) is 0.271. The van der Waals surface area contributed by atoms with Gasteiger partial charge in [0.1, 0.15) is 0 Å². The molecule has 0 unspecified atom stereocenters. The zero-order valence-electron chi connectivity index (χ0n) is 17.1. The Balaban J connectivity index is 1.69. The Hall–Kier alpha value is -2.72. The highest BCUT2D eigenvalue weighted by Crippen LogP contribution is 2.20. The van der Waals surface area contributed by atoms with Crippen molar-refractivity contribution < 1.29 is 13.2 Å². The maximum atomic E-state index is 12.4. The van der Waals surface area contributed by atoms with Crippen LogP contribution < -0.4 is 9.73 Å². The molecule has 3 rings (SSSR count). The molecule has 0 spiro atoms. The normalized spacial score (nSPS) is 11.8. The maximum Gasteiger partial charge on any atom is 0.271 e. The van der Waals surface area contributed by atoms with E-state index in [1.54, 1.807) is 48.5 Å². The highest BCUT2D eigenvalue weighted by molar-refractivity contribution is 14.1. The molecule has 8 heteroatoms.